The highest BCUT2D eigenvalue weighted by Gasteiger charge is 2.20. The number of benzene rings is 1. The van der Waals surface area contributed by atoms with Crippen LogP contribution in [0.2, 0.25) is 0 Å². The molecule has 0 bridgehead atoms. The van der Waals surface area contributed by atoms with E-state index in [-0.39, 0.29) is 18.1 Å². The van der Waals surface area contributed by atoms with Gasteiger partial charge in [-0.25, -0.2) is 0 Å². The molecule has 1 aliphatic rings. The Morgan fingerprint density at radius 3 is 2.85 bits per heavy atom. The number of carbonyl (C=O) groups excluding carboxylic acids is 1. The van der Waals surface area contributed by atoms with Gasteiger partial charge < -0.3 is 15.0 Å². The number of ether oxygens (including phenoxy) is 1. The fourth-order valence-corrected chi connectivity index (χ4v) is 4.08. The lowest BCUT2D eigenvalue weighted by molar-refractivity contribution is 0.0943. The summed E-state index contributed by atoms with van der Waals surface area (Å²) in [5.41, 5.74) is 0.581. The van der Waals surface area contributed by atoms with Gasteiger partial charge in [-0.1, -0.05) is 29.5 Å². The molecule has 0 radical (unpaired) electrons. The summed E-state index contributed by atoms with van der Waals surface area (Å²) in [6.45, 7) is 2.14. The summed E-state index contributed by atoms with van der Waals surface area (Å²) < 4.78 is 6.76. The molecule has 1 amide bonds. The maximum Gasteiger partial charge on any atom is 0.274 e. The van der Waals surface area contributed by atoms with Gasteiger partial charge in [0.2, 0.25) is 10.1 Å². The molecule has 1 aliphatic heterocycles. The summed E-state index contributed by atoms with van der Waals surface area (Å²) in [5.74, 6) is 0.313. The smallest absolute Gasteiger partial charge is 0.274 e. The molecule has 2 aromatic heterocycles. The first-order chi connectivity index (χ1) is 13.2. The number of methoxy groups -OCH3 is 1. The van der Waals surface area contributed by atoms with Crippen LogP contribution in [0.25, 0.3) is 4.96 Å². The van der Waals surface area contributed by atoms with Gasteiger partial charge >= 0.3 is 0 Å². The van der Waals surface area contributed by atoms with E-state index in [0.29, 0.717) is 10.7 Å². The predicted octanol–water partition coefficient (Wildman–Crippen LogP) is 1.69. The minimum absolute atomic E-state index is 0.182. The van der Waals surface area contributed by atoms with Gasteiger partial charge in [0, 0.05) is 31.3 Å². The number of hydrogen-bond donors (Lipinski definition) is 1. The van der Waals surface area contributed by atoms with E-state index in [9.17, 15) is 9.59 Å². The van der Waals surface area contributed by atoms with Crippen LogP contribution >= 0.6 is 11.3 Å². The van der Waals surface area contributed by atoms with E-state index >= 15 is 0 Å². The topological polar surface area (TPSA) is 88.8 Å². The van der Waals surface area contributed by atoms with Crippen LogP contribution < -0.4 is 20.5 Å². The molecule has 3 aromatic rings. The largest absolute Gasteiger partial charge is 0.496 e. The first kappa shape index (κ1) is 17.5. The number of nitrogens with one attached hydrogen (secondary N) is 1. The molecule has 1 aromatic carbocycles. The summed E-state index contributed by atoms with van der Waals surface area (Å²) in [5, 5.41) is 8.13. The number of anilines is 1. The molecular weight excluding hydrogens is 366 g/mol. The van der Waals surface area contributed by atoms with Crippen molar-refractivity contribution in [2.75, 3.05) is 25.1 Å². The standard InChI is InChI=1S/C18H19N5O3S/c1-26-14-7-3-2-6-12(14)11-19-16(25)13-10-15(24)20-17-23(13)21-18(27-17)22-8-4-5-9-22/h2-3,6-7,10H,4-5,8-9,11H2,1H3,(H,19,25). The highest BCUT2D eigenvalue weighted by atomic mass is 32.1. The van der Waals surface area contributed by atoms with Gasteiger partial charge in [0.1, 0.15) is 11.4 Å². The summed E-state index contributed by atoms with van der Waals surface area (Å²) in [6, 6.07) is 8.67. The molecule has 1 N–H and O–H groups in total. The van der Waals surface area contributed by atoms with Gasteiger partial charge in [-0.15, -0.1) is 5.10 Å². The second-order valence-electron chi connectivity index (χ2n) is 6.25. The Morgan fingerprint density at radius 1 is 1.30 bits per heavy atom. The number of fused-ring (bicyclic) bond motifs is 1. The Balaban J connectivity index is 1.61. The number of amides is 1. The van der Waals surface area contributed by atoms with Gasteiger partial charge in [-0.2, -0.15) is 9.50 Å². The third-order valence-corrected chi connectivity index (χ3v) is 5.45. The van der Waals surface area contributed by atoms with E-state index in [1.54, 1.807) is 7.11 Å². The zero-order valence-electron chi connectivity index (χ0n) is 14.8. The van der Waals surface area contributed by atoms with Crippen LogP contribution in [-0.2, 0) is 6.54 Å². The lowest BCUT2D eigenvalue weighted by Crippen LogP contribution is -2.27. The number of nitrogens with zero attached hydrogens (tertiary/aromatic N) is 4. The van der Waals surface area contributed by atoms with E-state index in [4.69, 9.17) is 4.74 Å². The molecule has 0 atom stereocenters. The maximum atomic E-state index is 12.7. The number of para-hydroxylation sites is 1. The van der Waals surface area contributed by atoms with Crippen LogP contribution in [0.15, 0.2) is 35.1 Å². The predicted molar refractivity (Wildman–Crippen MR) is 103 cm³/mol. The van der Waals surface area contributed by atoms with Crippen molar-refractivity contribution in [2.24, 2.45) is 0 Å². The molecule has 0 saturated carbocycles. The molecule has 9 heteroatoms. The van der Waals surface area contributed by atoms with Crippen molar-refractivity contribution in [1.82, 2.24) is 19.9 Å². The van der Waals surface area contributed by atoms with Crippen molar-refractivity contribution in [2.45, 2.75) is 19.4 Å². The molecule has 0 spiro atoms. The molecule has 140 valence electrons. The summed E-state index contributed by atoms with van der Waals surface area (Å²) >= 11 is 1.33. The maximum absolute atomic E-state index is 12.7. The third kappa shape index (κ3) is 3.50. The van der Waals surface area contributed by atoms with E-state index in [1.165, 1.54) is 21.9 Å². The van der Waals surface area contributed by atoms with E-state index in [0.717, 1.165) is 36.6 Å². The Kier molecular flexibility index (Phi) is 4.76. The second kappa shape index (κ2) is 7.36. The molecule has 0 unspecified atom stereocenters. The normalized spacial score (nSPS) is 13.9. The summed E-state index contributed by atoms with van der Waals surface area (Å²) in [4.78, 5) is 31.3. The van der Waals surface area contributed by atoms with Crippen molar-refractivity contribution in [3.63, 3.8) is 0 Å². The van der Waals surface area contributed by atoms with Crippen molar-refractivity contribution in [3.8, 4) is 5.75 Å². The van der Waals surface area contributed by atoms with Crippen LogP contribution in [0.1, 0.15) is 28.9 Å². The third-order valence-electron chi connectivity index (χ3n) is 4.48. The van der Waals surface area contributed by atoms with Crippen molar-refractivity contribution < 1.29 is 9.53 Å². The number of carbonyl (C=O) groups is 1. The molecule has 8 nitrogen and oxygen atoms in total. The Bertz CT molecular complexity index is 1040. The Labute approximate surface area is 159 Å². The zero-order valence-corrected chi connectivity index (χ0v) is 15.7. The minimum atomic E-state index is -0.450. The molecule has 1 saturated heterocycles. The summed E-state index contributed by atoms with van der Waals surface area (Å²) in [6.07, 6.45) is 2.24. The fourth-order valence-electron chi connectivity index (χ4n) is 3.12. The number of rotatable bonds is 5. The van der Waals surface area contributed by atoms with E-state index < -0.39 is 5.56 Å². The highest BCUT2D eigenvalue weighted by molar-refractivity contribution is 7.20. The molecule has 4 rings (SSSR count). The lowest BCUT2D eigenvalue weighted by atomic mass is 10.2. The van der Waals surface area contributed by atoms with Crippen LogP contribution in [0.3, 0.4) is 0 Å². The van der Waals surface area contributed by atoms with E-state index in [2.05, 4.69) is 20.3 Å². The van der Waals surface area contributed by atoms with Gasteiger partial charge in [-0.3, -0.25) is 9.59 Å². The van der Waals surface area contributed by atoms with Gasteiger partial charge in [-0.05, 0) is 18.9 Å². The van der Waals surface area contributed by atoms with Gasteiger partial charge in [0.15, 0.2) is 0 Å². The first-order valence-electron chi connectivity index (χ1n) is 8.71. The molecule has 3 heterocycles. The minimum Gasteiger partial charge on any atom is -0.496 e. The quantitative estimate of drug-likeness (QED) is 0.719. The average molecular weight is 385 g/mol. The SMILES string of the molecule is COc1ccccc1CNC(=O)c1cc(=O)nc2sc(N3CCCC3)nn12. The van der Waals surface area contributed by atoms with Crippen LogP contribution in [-0.4, -0.2) is 40.7 Å². The molecule has 0 aliphatic carbocycles. The lowest BCUT2D eigenvalue weighted by Gasteiger charge is -2.11. The zero-order chi connectivity index (χ0) is 18.8. The van der Waals surface area contributed by atoms with Gasteiger partial charge in [0.25, 0.3) is 11.5 Å². The summed E-state index contributed by atoms with van der Waals surface area (Å²) in [7, 11) is 1.59. The van der Waals surface area contributed by atoms with Crippen molar-refractivity contribution >= 4 is 27.3 Å². The Morgan fingerprint density at radius 2 is 2.07 bits per heavy atom. The van der Waals surface area contributed by atoms with E-state index in [1.807, 2.05) is 24.3 Å². The molecular formula is C18H19N5O3S. The molecule has 27 heavy (non-hydrogen) atoms. The van der Waals surface area contributed by atoms with Gasteiger partial charge in [0.05, 0.1) is 7.11 Å². The van der Waals surface area contributed by atoms with Crippen LogP contribution in [0.5, 0.6) is 5.75 Å². The second-order valence-corrected chi connectivity index (χ2v) is 7.18. The number of aromatic nitrogens is 3. The van der Waals surface area contributed by atoms with Crippen molar-refractivity contribution in [1.29, 1.82) is 0 Å². The molecule has 1 fully saturated rings. The monoisotopic (exact) mass is 385 g/mol. The first-order valence-corrected chi connectivity index (χ1v) is 9.53. The Hall–Kier alpha value is -2.94. The van der Waals surface area contributed by atoms with Crippen LogP contribution in [0, 0.1) is 0 Å². The van der Waals surface area contributed by atoms with Crippen LogP contribution in [0.4, 0.5) is 5.13 Å². The highest BCUT2D eigenvalue weighted by Crippen LogP contribution is 2.25. The van der Waals surface area contributed by atoms with Crippen molar-refractivity contribution in [3.05, 3.63) is 51.9 Å². The average Bonchev–Trinajstić information content (AvgIpc) is 3.35. The number of hydrogen-bond acceptors (Lipinski definition) is 7. The fraction of sp³-hybridized carbons (Fsp3) is 0.333.